The molecule has 0 radical (unpaired) electrons. The van der Waals surface area contributed by atoms with Crippen LogP contribution < -0.4 is 4.74 Å². The van der Waals surface area contributed by atoms with Crippen LogP contribution in [0.5, 0.6) is 5.88 Å². The summed E-state index contributed by atoms with van der Waals surface area (Å²) in [4.78, 5) is 22.7. The number of Topliss-reactive ketones (excluding diaryl/α,β-unsaturated/α-hetero) is 1. The van der Waals surface area contributed by atoms with Crippen LogP contribution in [0.1, 0.15) is 30.3 Å². The highest BCUT2D eigenvalue weighted by Crippen LogP contribution is 2.07. The number of carbonyl (C=O) groups is 2. The molecule has 1 heterocycles. The average Bonchev–Trinajstić information content (AvgIpc) is 2.36. The molecule has 0 saturated carbocycles. The third-order valence-corrected chi connectivity index (χ3v) is 2.00. The Morgan fingerprint density at radius 3 is 2.53 bits per heavy atom. The van der Waals surface area contributed by atoms with Gasteiger partial charge in [0.05, 0.1) is 20.1 Å². The van der Waals surface area contributed by atoms with E-state index < -0.39 is 0 Å². The van der Waals surface area contributed by atoms with Gasteiger partial charge >= 0.3 is 5.97 Å². The fourth-order valence-electron chi connectivity index (χ4n) is 1.15. The first-order valence-corrected chi connectivity index (χ1v) is 5.24. The van der Waals surface area contributed by atoms with Gasteiger partial charge in [0.1, 0.15) is 5.69 Å². The highest BCUT2D eigenvalue weighted by atomic mass is 16.5. The van der Waals surface area contributed by atoms with Crippen LogP contribution in [0.25, 0.3) is 0 Å². The largest absolute Gasteiger partial charge is 0.480 e. The van der Waals surface area contributed by atoms with Crippen LogP contribution >= 0.6 is 0 Å². The van der Waals surface area contributed by atoms with Crippen LogP contribution in [0, 0.1) is 0 Å². The minimum atomic E-state index is -0.387. The van der Waals surface area contributed by atoms with E-state index in [0.717, 1.165) is 0 Å². The standard InChI is InChI=1S/C11H14N2O4/c1-3-17-11(15)7-5-9(14)8-4-6-10(16-2)13-12-8/h4,6H,3,5,7H2,1-2H3. The van der Waals surface area contributed by atoms with Crippen LogP contribution in [0.4, 0.5) is 0 Å². The number of hydrogen-bond donors (Lipinski definition) is 0. The molecule has 92 valence electrons. The van der Waals surface area contributed by atoms with Gasteiger partial charge in [0, 0.05) is 12.5 Å². The lowest BCUT2D eigenvalue weighted by atomic mass is 10.1. The minimum absolute atomic E-state index is 0.0559. The molecule has 0 fully saturated rings. The third-order valence-electron chi connectivity index (χ3n) is 2.00. The number of hydrogen-bond acceptors (Lipinski definition) is 6. The molecule has 1 aromatic heterocycles. The number of aromatic nitrogens is 2. The lowest BCUT2D eigenvalue weighted by Crippen LogP contribution is -2.09. The Bertz CT molecular complexity index is 389. The highest BCUT2D eigenvalue weighted by molar-refractivity contribution is 5.95. The first-order valence-electron chi connectivity index (χ1n) is 5.24. The number of ketones is 1. The second-order valence-electron chi connectivity index (χ2n) is 3.19. The zero-order valence-corrected chi connectivity index (χ0v) is 9.80. The van der Waals surface area contributed by atoms with E-state index in [1.54, 1.807) is 13.0 Å². The first-order chi connectivity index (χ1) is 8.17. The molecule has 0 unspecified atom stereocenters. The summed E-state index contributed by atoms with van der Waals surface area (Å²) in [7, 11) is 1.46. The lowest BCUT2D eigenvalue weighted by Gasteiger charge is -2.01. The minimum Gasteiger partial charge on any atom is -0.480 e. The first kappa shape index (κ1) is 13.1. The molecule has 6 heteroatoms. The van der Waals surface area contributed by atoms with Crippen molar-refractivity contribution in [2.24, 2.45) is 0 Å². The summed E-state index contributed by atoms with van der Waals surface area (Å²) in [6.45, 7) is 2.03. The van der Waals surface area contributed by atoms with E-state index in [1.807, 2.05) is 0 Å². The van der Waals surface area contributed by atoms with E-state index in [2.05, 4.69) is 10.2 Å². The van der Waals surface area contributed by atoms with Crippen LogP contribution in [0.3, 0.4) is 0 Å². The Hall–Kier alpha value is -1.98. The molecule has 0 spiro atoms. The van der Waals surface area contributed by atoms with E-state index in [4.69, 9.17) is 9.47 Å². The number of nitrogens with zero attached hydrogens (tertiary/aromatic N) is 2. The van der Waals surface area contributed by atoms with Gasteiger partial charge in [0.2, 0.25) is 5.88 Å². The predicted molar refractivity (Wildman–Crippen MR) is 58.8 cm³/mol. The van der Waals surface area contributed by atoms with Crippen molar-refractivity contribution in [3.63, 3.8) is 0 Å². The monoisotopic (exact) mass is 238 g/mol. The summed E-state index contributed by atoms with van der Waals surface area (Å²) < 4.78 is 9.54. The fourth-order valence-corrected chi connectivity index (χ4v) is 1.15. The van der Waals surface area contributed by atoms with Gasteiger partial charge in [-0.15, -0.1) is 10.2 Å². The van der Waals surface area contributed by atoms with Crippen molar-refractivity contribution in [3.05, 3.63) is 17.8 Å². The van der Waals surface area contributed by atoms with E-state index in [1.165, 1.54) is 13.2 Å². The Morgan fingerprint density at radius 2 is 2.00 bits per heavy atom. The normalized spacial score (nSPS) is 9.76. The molecule has 0 bridgehead atoms. The molecular formula is C11H14N2O4. The Kier molecular flexibility index (Phi) is 5.06. The molecule has 0 amide bonds. The number of carbonyl (C=O) groups excluding carboxylic acids is 2. The zero-order valence-electron chi connectivity index (χ0n) is 9.80. The summed E-state index contributed by atoms with van der Waals surface area (Å²) in [5.41, 5.74) is 0.218. The smallest absolute Gasteiger partial charge is 0.306 e. The van der Waals surface area contributed by atoms with Gasteiger partial charge in [0.25, 0.3) is 0 Å². The van der Waals surface area contributed by atoms with Crippen molar-refractivity contribution in [2.75, 3.05) is 13.7 Å². The van der Waals surface area contributed by atoms with Crippen molar-refractivity contribution in [1.82, 2.24) is 10.2 Å². The van der Waals surface area contributed by atoms with Gasteiger partial charge in [0.15, 0.2) is 5.78 Å². The Morgan fingerprint density at radius 1 is 1.24 bits per heavy atom. The van der Waals surface area contributed by atoms with Gasteiger partial charge < -0.3 is 9.47 Å². The maximum absolute atomic E-state index is 11.6. The van der Waals surface area contributed by atoms with Crippen LogP contribution in [0.2, 0.25) is 0 Å². The van der Waals surface area contributed by atoms with E-state index in [-0.39, 0.29) is 30.3 Å². The molecule has 0 aliphatic rings. The molecule has 0 aliphatic heterocycles. The van der Waals surface area contributed by atoms with Crippen molar-refractivity contribution in [2.45, 2.75) is 19.8 Å². The quantitative estimate of drug-likeness (QED) is 0.543. The molecular weight excluding hydrogens is 224 g/mol. The van der Waals surface area contributed by atoms with Gasteiger partial charge in [-0.1, -0.05) is 0 Å². The summed E-state index contributed by atoms with van der Waals surface area (Å²) in [5.74, 6) is -0.289. The van der Waals surface area contributed by atoms with Crippen LogP contribution in [-0.4, -0.2) is 35.7 Å². The lowest BCUT2D eigenvalue weighted by molar-refractivity contribution is -0.143. The van der Waals surface area contributed by atoms with Crippen molar-refractivity contribution in [1.29, 1.82) is 0 Å². The molecule has 0 aliphatic carbocycles. The molecule has 6 nitrogen and oxygen atoms in total. The fraction of sp³-hybridized carbons (Fsp3) is 0.455. The van der Waals surface area contributed by atoms with E-state index >= 15 is 0 Å². The number of esters is 1. The second-order valence-corrected chi connectivity index (χ2v) is 3.19. The van der Waals surface area contributed by atoms with Gasteiger partial charge in [-0.2, -0.15) is 0 Å². The maximum atomic E-state index is 11.6. The SMILES string of the molecule is CCOC(=O)CCC(=O)c1ccc(OC)nn1. The highest BCUT2D eigenvalue weighted by Gasteiger charge is 2.11. The molecule has 1 rings (SSSR count). The third kappa shape index (κ3) is 4.18. The van der Waals surface area contributed by atoms with Crippen molar-refractivity contribution < 1.29 is 19.1 Å². The summed E-state index contributed by atoms with van der Waals surface area (Å²) in [5, 5.41) is 7.37. The van der Waals surface area contributed by atoms with Gasteiger partial charge in [-0.3, -0.25) is 9.59 Å². The number of ether oxygens (including phenoxy) is 2. The van der Waals surface area contributed by atoms with Gasteiger partial charge in [-0.25, -0.2) is 0 Å². The van der Waals surface area contributed by atoms with Gasteiger partial charge in [-0.05, 0) is 13.0 Å². The predicted octanol–water partition coefficient (Wildman–Crippen LogP) is 1.01. The molecule has 0 saturated heterocycles. The zero-order chi connectivity index (χ0) is 12.7. The molecule has 17 heavy (non-hydrogen) atoms. The average molecular weight is 238 g/mol. The van der Waals surface area contributed by atoms with Crippen LogP contribution in [0.15, 0.2) is 12.1 Å². The second kappa shape index (κ2) is 6.57. The topological polar surface area (TPSA) is 78.4 Å². The van der Waals surface area contributed by atoms with Crippen molar-refractivity contribution in [3.8, 4) is 5.88 Å². The molecule has 0 aromatic carbocycles. The Labute approximate surface area is 98.9 Å². The molecule has 0 N–H and O–H groups in total. The molecule has 0 atom stereocenters. The summed E-state index contributed by atoms with van der Waals surface area (Å²) >= 11 is 0. The number of rotatable bonds is 6. The van der Waals surface area contributed by atoms with E-state index in [0.29, 0.717) is 12.5 Å². The van der Waals surface area contributed by atoms with Crippen LogP contribution in [-0.2, 0) is 9.53 Å². The van der Waals surface area contributed by atoms with E-state index in [9.17, 15) is 9.59 Å². The Balaban J connectivity index is 2.49. The summed E-state index contributed by atoms with van der Waals surface area (Å²) in [6.07, 6.45) is 0.125. The maximum Gasteiger partial charge on any atom is 0.306 e. The number of methoxy groups -OCH3 is 1. The molecule has 1 aromatic rings. The summed E-state index contributed by atoms with van der Waals surface area (Å²) in [6, 6.07) is 3.06. The van der Waals surface area contributed by atoms with Crippen molar-refractivity contribution >= 4 is 11.8 Å².